The average molecular weight is 509 g/mol. The Bertz CT molecular complexity index is 1300. The molecule has 1 aromatic heterocycles. The van der Waals surface area contributed by atoms with Crippen LogP contribution in [-0.4, -0.2) is 10.5 Å². The first-order valence-corrected chi connectivity index (χ1v) is 13.0. The second-order valence-electron chi connectivity index (χ2n) is 10.5. The summed E-state index contributed by atoms with van der Waals surface area (Å²) in [7, 11) is 0. The summed E-state index contributed by atoms with van der Waals surface area (Å²) >= 11 is 0. The number of aromatic nitrogens is 1. The van der Waals surface area contributed by atoms with E-state index in [1.165, 1.54) is 18.4 Å². The maximum atomic E-state index is 13.5. The molecule has 37 heavy (non-hydrogen) atoms. The molecule has 2 saturated carbocycles. The molecule has 1 unspecified atom stereocenters. The van der Waals surface area contributed by atoms with E-state index < -0.39 is 17.3 Å². The van der Waals surface area contributed by atoms with Crippen LogP contribution in [0, 0.1) is 11.8 Å². The molecule has 1 heterocycles. The van der Waals surface area contributed by atoms with Gasteiger partial charge in [0.2, 0.25) is 5.91 Å². The third-order valence-corrected chi connectivity index (χ3v) is 7.57. The van der Waals surface area contributed by atoms with Crippen molar-refractivity contribution in [2.45, 2.75) is 63.6 Å². The van der Waals surface area contributed by atoms with Crippen molar-refractivity contribution in [3.8, 4) is 0 Å². The molecule has 4 nitrogen and oxygen atoms in total. The van der Waals surface area contributed by atoms with Crippen molar-refractivity contribution >= 4 is 11.6 Å². The summed E-state index contributed by atoms with van der Waals surface area (Å²) in [4.78, 5) is 25.7. The largest absolute Gasteiger partial charge is 0.417 e. The number of amides is 1. The fraction of sp³-hybridized carbons (Fsp3) is 0.400. The van der Waals surface area contributed by atoms with Gasteiger partial charge in [0.15, 0.2) is 0 Å². The summed E-state index contributed by atoms with van der Waals surface area (Å²) in [6, 6.07) is 17.2. The van der Waals surface area contributed by atoms with E-state index in [0.717, 1.165) is 72.2 Å². The molecule has 5 rings (SSSR count). The molecular weight excluding hydrogens is 477 g/mol. The SMILES string of the molecule is O=C(Nc1cccc(CC2CC2)c1)C(c1ccc(Cn2cc(C(F)(F)F)ccc2=O)cc1)C1CCCC1. The molecular formula is C30H31F3N2O2. The maximum Gasteiger partial charge on any atom is 0.417 e. The standard InChI is InChI=1S/C30H31F3N2O2/c31-30(32,33)25-14-15-27(36)35(19-25)18-21-10-12-24(13-11-21)28(23-5-1-2-6-23)29(37)34-26-7-3-4-22(17-26)16-20-8-9-20/h3-4,7,10-15,17,19-20,23,28H,1-2,5-6,8-9,16,18H2,(H,34,37). The van der Waals surface area contributed by atoms with Gasteiger partial charge in [0.05, 0.1) is 18.0 Å². The molecule has 3 aromatic rings. The third-order valence-electron chi connectivity index (χ3n) is 7.57. The molecule has 1 atom stereocenters. The van der Waals surface area contributed by atoms with Gasteiger partial charge in [0, 0.05) is 18.0 Å². The maximum absolute atomic E-state index is 13.5. The molecule has 0 aliphatic heterocycles. The van der Waals surface area contributed by atoms with E-state index in [0.29, 0.717) is 5.56 Å². The van der Waals surface area contributed by atoms with Gasteiger partial charge in [0.1, 0.15) is 0 Å². The first kappa shape index (κ1) is 25.3. The molecule has 1 amide bonds. The van der Waals surface area contributed by atoms with Crippen LogP contribution in [0.5, 0.6) is 0 Å². The van der Waals surface area contributed by atoms with Crippen molar-refractivity contribution in [3.63, 3.8) is 0 Å². The van der Waals surface area contributed by atoms with E-state index in [1.54, 1.807) is 12.1 Å². The number of nitrogens with one attached hydrogen (secondary N) is 1. The Kier molecular flexibility index (Phi) is 7.22. The van der Waals surface area contributed by atoms with Crippen LogP contribution in [0.1, 0.15) is 66.7 Å². The lowest BCUT2D eigenvalue weighted by Crippen LogP contribution is -2.26. The fourth-order valence-corrected chi connectivity index (χ4v) is 5.43. The Balaban J connectivity index is 1.34. The number of pyridine rings is 1. The zero-order valence-corrected chi connectivity index (χ0v) is 20.6. The Morgan fingerprint density at radius 3 is 2.35 bits per heavy atom. The van der Waals surface area contributed by atoms with E-state index in [4.69, 9.17) is 0 Å². The molecule has 194 valence electrons. The smallest absolute Gasteiger partial charge is 0.326 e. The van der Waals surface area contributed by atoms with Gasteiger partial charge in [-0.3, -0.25) is 9.59 Å². The summed E-state index contributed by atoms with van der Waals surface area (Å²) in [5, 5.41) is 3.14. The summed E-state index contributed by atoms with van der Waals surface area (Å²) in [6.07, 6.45) is 4.11. The lowest BCUT2D eigenvalue weighted by molar-refractivity contribution is -0.138. The summed E-state index contributed by atoms with van der Waals surface area (Å²) in [5.74, 6) is 0.673. The van der Waals surface area contributed by atoms with Crippen LogP contribution in [0.25, 0.3) is 0 Å². The molecule has 2 aromatic carbocycles. The first-order chi connectivity index (χ1) is 17.8. The number of rotatable bonds is 8. The van der Waals surface area contributed by atoms with E-state index in [9.17, 15) is 22.8 Å². The summed E-state index contributed by atoms with van der Waals surface area (Å²) in [6.45, 7) is 0.0249. The van der Waals surface area contributed by atoms with E-state index >= 15 is 0 Å². The highest BCUT2D eigenvalue weighted by Crippen LogP contribution is 2.39. The van der Waals surface area contributed by atoms with Gasteiger partial charge in [-0.05, 0) is 78.8 Å². The predicted octanol–water partition coefficient (Wildman–Crippen LogP) is 6.78. The minimum Gasteiger partial charge on any atom is -0.326 e. The first-order valence-electron chi connectivity index (χ1n) is 13.0. The third kappa shape index (κ3) is 6.32. The second-order valence-corrected chi connectivity index (χ2v) is 10.5. The number of anilines is 1. The Labute approximate surface area is 214 Å². The zero-order valence-electron chi connectivity index (χ0n) is 20.6. The molecule has 0 radical (unpaired) electrons. The fourth-order valence-electron chi connectivity index (χ4n) is 5.43. The molecule has 7 heteroatoms. The van der Waals surface area contributed by atoms with Crippen molar-refractivity contribution in [1.82, 2.24) is 4.57 Å². The number of nitrogens with zero attached hydrogens (tertiary/aromatic N) is 1. The molecule has 2 fully saturated rings. The van der Waals surface area contributed by atoms with Gasteiger partial charge < -0.3 is 9.88 Å². The highest BCUT2D eigenvalue weighted by molar-refractivity contribution is 5.96. The van der Waals surface area contributed by atoms with E-state index in [1.807, 2.05) is 24.3 Å². The quantitative estimate of drug-likeness (QED) is 0.365. The van der Waals surface area contributed by atoms with Gasteiger partial charge in [-0.15, -0.1) is 0 Å². The number of halogens is 3. The minimum atomic E-state index is -4.52. The van der Waals surface area contributed by atoms with Crippen molar-refractivity contribution in [2.75, 3.05) is 5.32 Å². The Morgan fingerprint density at radius 1 is 0.946 bits per heavy atom. The number of hydrogen-bond donors (Lipinski definition) is 1. The van der Waals surface area contributed by atoms with Gasteiger partial charge in [0.25, 0.3) is 5.56 Å². The molecule has 0 saturated heterocycles. The van der Waals surface area contributed by atoms with Gasteiger partial charge in [-0.25, -0.2) is 0 Å². The summed E-state index contributed by atoms with van der Waals surface area (Å²) < 4.78 is 40.3. The van der Waals surface area contributed by atoms with Crippen LogP contribution in [0.4, 0.5) is 18.9 Å². The highest BCUT2D eigenvalue weighted by atomic mass is 19.4. The number of carbonyl (C=O) groups is 1. The van der Waals surface area contributed by atoms with Crippen molar-refractivity contribution in [1.29, 1.82) is 0 Å². The monoisotopic (exact) mass is 508 g/mol. The van der Waals surface area contributed by atoms with E-state index in [2.05, 4.69) is 17.4 Å². The molecule has 2 aliphatic rings. The van der Waals surface area contributed by atoms with Gasteiger partial charge >= 0.3 is 6.18 Å². The van der Waals surface area contributed by atoms with Crippen LogP contribution < -0.4 is 10.9 Å². The van der Waals surface area contributed by atoms with Gasteiger partial charge in [-0.2, -0.15) is 13.2 Å². The second kappa shape index (κ2) is 10.6. The predicted molar refractivity (Wildman–Crippen MR) is 137 cm³/mol. The number of hydrogen-bond acceptors (Lipinski definition) is 2. The van der Waals surface area contributed by atoms with Crippen molar-refractivity contribution in [2.24, 2.45) is 11.8 Å². The highest BCUT2D eigenvalue weighted by Gasteiger charge is 2.33. The number of benzene rings is 2. The van der Waals surface area contributed by atoms with Crippen molar-refractivity contribution in [3.05, 3.63) is 99.5 Å². The lowest BCUT2D eigenvalue weighted by atomic mass is 9.83. The molecule has 1 N–H and O–H groups in total. The zero-order chi connectivity index (χ0) is 26.0. The van der Waals surface area contributed by atoms with Crippen LogP contribution >= 0.6 is 0 Å². The number of carbonyl (C=O) groups excluding carboxylic acids is 1. The molecule has 0 spiro atoms. The normalized spacial score (nSPS) is 17.1. The van der Waals surface area contributed by atoms with Gasteiger partial charge in [-0.1, -0.05) is 49.2 Å². The summed E-state index contributed by atoms with van der Waals surface area (Å²) in [5.41, 5.74) is 2.29. The van der Waals surface area contributed by atoms with Crippen LogP contribution in [0.15, 0.2) is 71.7 Å². The van der Waals surface area contributed by atoms with Crippen molar-refractivity contribution < 1.29 is 18.0 Å². The average Bonchev–Trinajstić information content (AvgIpc) is 3.51. The molecule has 2 aliphatic carbocycles. The van der Waals surface area contributed by atoms with Crippen LogP contribution in [0.2, 0.25) is 0 Å². The Hall–Kier alpha value is -3.35. The Morgan fingerprint density at radius 2 is 1.68 bits per heavy atom. The van der Waals surface area contributed by atoms with Crippen LogP contribution in [-0.2, 0) is 23.9 Å². The lowest BCUT2D eigenvalue weighted by Gasteiger charge is -2.24. The van der Waals surface area contributed by atoms with E-state index in [-0.39, 0.29) is 24.3 Å². The topological polar surface area (TPSA) is 51.1 Å². The van der Waals surface area contributed by atoms with Crippen LogP contribution in [0.3, 0.4) is 0 Å². The number of alkyl halides is 3. The minimum absolute atomic E-state index is 0.0249. The molecule has 0 bridgehead atoms.